The number of aliphatic hydroxyl groups excluding tert-OH is 1. The predicted octanol–water partition coefficient (Wildman–Crippen LogP) is 13.1. The Labute approximate surface area is 340 Å². The molecule has 0 radical (unpaired) electrons. The zero-order valence-electron chi connectivity index (χ0n) is 35.9. The van der Waals surface area contributed by atoms with E-state index in [1.807, 2.05) is 6.08 Å². The van der Waals surface area contributed by atoms with E-state index >= 15 is 0 Å². The number of amides is 1. The minimum atomic E-state index is -4.35. The van der Waals surface area contributed by atoms with Crippen LogP contribution in [0.15, 0.2) is 36.5 Å². The second-order valence-corrected chi connectivity index (χ2v) is 17.1. The van der Waals surface area contributed by atoms with E-state index in [1.165, 1.54) is 154 Å². The molecule has 55 heavy (non-hydrogen) atoms. The van der Waals surface area contributed by atoms with E-state index in [2.05, 4.69) is 43.5 Å². The average molecular weight is 797 g/mol. The van der Waals surface area contributed by atoms with Crippen LogP contribution in [0, 0.1) is 0 Å². The van der Waals surface area contributed by atoms with Crippen molar-refractivity contribution in [1.82, 2.24) is 5.32 Å². The monoisotopic (exact) mass is 797 g/mol. The molecule has 0 aliphatic carbocycles. The van der Waals surface area contributed by atoms with Gasteiger partial charge < -0.3 is 21.1 Å². The topological polar surface area (TPSA) is 131 Å². The Balaban J connectivity index is 4.23. The SMILES string of the molecule is CCCCCCCCCC/C=C/CC/C=C/CC/C=C/C(O)C(COP(=O)(O)OCCN)NC(=O)CCCCCCCCCCCCCCCCCCCC. The molecular formula is C46H89N2O6P. The number of carbonyl (C=O) groups excluding carboxylic acids is 1. The fourth-order valence-corrected chi connectivity index (χ4v) is 7.45. The first-order valence-electron chi connectivity index (χ1n) is 23.1. The van der Waals surface area contributed by atoms with Crippen molar-refractivity contribution in [3.8, 4) is 0 Å². The highest BCUT2D eigenvalue weighted by Gasteiger charge is 2.26. The third-order valence-electron chi connectivity index (χ3n) is 10.2. The van der Waals surface area contributed by atoms with Gasteiger partial charge in [-0.15, -0.1) is 0 Å². The van der Waals surface area contributed by atoms with Crippen LogP contribution in [0.4, 0.5) is 0 Å². The molecule has 0 spiro atoms. The molecule has 1 amide bonds. The summed E-state index contributed by atoms with van der Waals surface area (Å²) in [5.41, 5.74) is 5.38. The van der Waals surface area contributed by atoms with Gasteiger partial charge in [0.2, 0.25) is 5.91 Å². The summed E-state index contributed by atoms with van der Waals surface area (Å²) in [6.45, 7) is 4.12. The molecule has 0 saturated carbocycles. The molecule has 0 aliphatic rings. The zero-order valence-corrected chi connectivity index (χ0v) is 36.8. The third-order valence-corrected chi connectivity index (χ3v) is 11.2. The van der Waals surface area contributed by atoms with E-state index in [0.717, 1.165) is 44.9 Å². The molecule has 0 aromatic carbocycles. The third kappa shape index (κ3) is 40.7. The van der Waals surface area contributed by atoms with Gasteiger partial charge in [-0.3, -0.25) is 13.8 Å². The van der Waals surface area contributed by atoms with Crippen molar-refractivity contribution in [2.24, 2.45) is 5.73 Å². The molecule has 0 saturated heterocycles. The highest BCUT2D eigenvalue weighted by molar-refractivity contribution is 7.47. The Bertz CT molecular complexity index is 959. The van der Waals surface area contributed by atoms with Gasteiger partial charge in [0, 0.05) is 13.0 Å². The molecule has 8 nitrogen and oxygen atoms in total. The van der Waals surface area contributed by atoms with Crippen molar-refractivity contribution < 1.29 is 28.4 Å². The van der Waals surface area contributed by atoms with Crippen molar-refractivity contribution >= 4 is 13.7 Å². The first-order valence-corrected chi connectivity index (χ1v) is 24.6. The fraction of sp³-hybridized carbons (Fsp3) is 0.848. The number of carbonyl (C=O) groups is 1. The lowest BCUT2D eigenvalue weighted by Crippen LogP contribution is -2.45. The molecule has 3 unspecified atom stereocenters. The maximum Gasteiger partial charge on any atom is 0.472 e. The number of phosphoric acid groups is 1. The number of allylic oxidation sites excluding steroid dienone is 5. The number of hydrogen-bond donors (Lipinski definition) is 4. The van der Waals surface area contributed by atoms with E-state index in [4.69, 9.17) is 14.8 Å². The minimum Gasteiger partial charge on any atom is -0.387 e. The summed E-state index contributed by atoms with van der Waals surface area (Å²) in [6, 6.07) is -0.880. The molecule has 0 aromatic heterocycles. The van der Waals surface area contributed by atoms with Crippen molar-refractivity contribution in [3.63, 3.8) is 0 Å². The van der Waals surface area contributed by atoms with E-state index in [-0.39, 0.29) is 25.7 Å². The smallest absolute Gasteiger partial charge is 0.387 e. The first-order chi connectivity index (χ1) is 26.9. The predicted molar refractivity (Wildman–Crippen MR) is 235 cm³/mol. The Kier molecular flexibility index (Phi) is 41.3. The Hall–Kier alpha value is -1.28. The van der Waals surface area contributed by atoms with Gasteiger partial charge in [-0.2, -0.15) is 0 Å². The van der Waals surface area contributed by atoms with Gasteiger partial charge in [0.05, 0.1) is 25.4 Å². The highest BCUT2D eigenvalue weighted by atomic mass is 31.2. The number of aliphatic hydroxyl groups is 1. The molecule has 5 N–H and O–H groups in total. The lowest BCUT2D eigenvalue weighted by Gasteiger charge is -2.23. The Morgan fingerprint density at radius 2 is 0.964 bits per heavy atom. The normalized spacial score (nSPS) is 14.3. The van der Waals surface area contributed by atoms with E-state index in [9.17, 15) is 19.4 Å². The van der Waals surface area contributed by atoms with E-state index in [1.54, 1.807) is 6.08 Å². The van der Waals surface area contributed by atoms with Crippen LogP contribution >= 0.6 is 7.82 Å². The van der Waals surface area contributed by atoms with Crippen LogP contribution in [0.2, 0.25) is 0 Å². The molecule has 9 heteroatoms. The summed E-state index contributed by atoms with van der Waals surface area (Å²) in [5.74, 6) is -0.206. The number of phosphoric ester groups is 1. The van der Waals surface area contributed by atoms with Gasteiger partial charge in [-0.05, 0) is 44.9 Å². The summed E-state index contributed by atoms with van der Waals surface area (Å²) in [4.78, 5) is 22.7. The van der Waals surface area contributed by atoms with Gasteiger partial charge in [-0.25, -0.2) is 4.57 Å². The Morgan fingerprint density at radius 3 is 1.40 bits per heavy atom. The van der Waals surface area contributed by atoms with Crippen LogP contribution in [0.5, 0.6) is 0 Å². The highest BCUT2D eigenvalue weighted by Crippen LogP contribution is 2.43. The number of unbranched alkanes of at least 4 members (excludes halogenated alkanes) is 27. The van der Waals surface area contributed by atoms with Crippen molar-refractivity contribution in [3.05, 3.63) is 36.5 Å². The quantitative estimate of drug-likeness (QED) is 0.0274. The second kappa shape index (κ2) is 42.3. The molecule has 0 aliphatic heterocycles. The van der Waals surface area contributed by atoms with Gasteiger partial charge >= 0.3 is 7.82 Å². The molecule has 324 valence electrons. The lowest BCUT2D eigenvalue weighted by molar-refractivity contribution is -0.123. The number of rotatable bonds is 43. The molecule has 0 aromatic rings. The van der Waals surface area contributed by atoms with E-state index in [0.29, 0.717) is 6.42 Å². The summed E-state index contributed by atoms with van der Waals surface area (Å²) in [7, 11) is -4.35. The molecule has 0 rings (SSSR count). The van der Waals surface area contributed by atoms with Crippen molar-refractivity contribution in [1.29, 1.82) is 0 Å². The molecule has 0 bridgehead atoms. The number of nitrogens with two attached hydrogens (primary N) is 1. The van der Waals surface area contributed by atoms with Gasteiger partial charge in [0.25, 0.3) is 0 Å². The molecular weight excluding hydrogens is 707 g/mol. The van der Waals surface area contributed by atoms with Crippen LogP contribution in [0.3, 0.4) is 0 Å². The average Bonchev–Trinajstić information content (AvgIpc) is 3.17. The largest absolute Gasteiger partial charge is 0.472 e. The standard InChI is InChI=1S/C46H89N2O6P/c1-3-5-7-9-11-13-15-17-19-21-23-25-27-29-31-33-35-37-39-45(49)44(43-54-55(51,52)53-42-41-47)48-46(50)40-38-36-34-32-30-28-26-24-22-20-18-16-14-12-10-8-6-4-2/h21,23,29,31,37,39,44-45,49H,3-20,22,24-28,30,32-36,38,40-43,47H2,1-2H3,(H,48,50)(H,51,52)/b23-21+,31-29+,39-37+. The van der Waals surface area contributed by atoms with Gasteiger partial charge in [0.15, 0.2) is 0 Å². The van der Waals surface area contributed by atoms with Gasteiger partial charge in [0.1, 0.15) is 0 Å². The second-order valence-electron chi connectivity index (χ2n) is 15.6. The van der Waals surface area contributed by atoms with E-state index < -0.39 is 20.0 Å². The lowest BCUT2D eigenvalue weighted by atomic mass is 10.0. The Morgan fingerprint density at radius 1 is 0.582 bits per heavy atom. The van der Waals surface area contributed by atoms with Crippen LogP contribution in [0.25, 0.3) is 0 Å². The van der Waals surface area contributed by atoms with Crippen LogP contribution in [-0.2, 0) is 18.4 Å². The van der Waals surface area contributed by atoms with Crippen LogP contribution in [-0.4, -0.2) is 47.8 Å². The number of nitrogens with one attached hydrogen (secondary N) is 1. The molecule has 0 heterocycles. The maximum absolute atomic E-state index is 12.8. The summed E-state index contributed by atoms with van der Waals surface area (Å²) in [6.07, 6.45) is 50.6. The molecule has 3 atom stereocenters. The van der Waals surface area contributed by atoms with Crippen molar-refractivity contribution in [2.45, 2.75) is 231 Å². The number of hydrogen-bond acceptors (Lipinski definition) is 6. The molecule has 0 fully saturated rings. The zero-order chi connectivity index (χ0) is 40.3. The van der Waals surface area contributed by atoms with Crippen LogP contribution < -0.4 is 11.1 Å². The summed E-state index contributed by atoms with van der Waals surface area (Å²) < 4.78 is 22.1. The van der Waals surface area contributed by atoms with Crippen LogP contribution in [0.1, 0.15) is 219 Å². The van der Waals surface area contributed by atoms with Crippen molar-refractivity contribution in [2.75, 3.05) is 19.8 Å². The summed E-state index contributed by atoms with van der Waals surface area (Å²) >= 11 is 0. The first kappa shape index (κ1) is 53.7. The minimum absolute atomic E-state index is 0.0728. The maximum atomic E-state index is 12.8. The summed E-state index contributed by atoms with van der Waals surface area (Å²) in [5, 5.41) is 13.7. The van der Waals surface area contributed by atoms with Gasteiger partial charge in [-0.1, -0.05) is 204 Å². The fourth-order valence-electron chi connectivity index (χ4n) is 6.69.